The molecule has 3 N–H and O–H groups in total. The van der Waals surface area contributed by atoms with E-state index < -0.39 is 0 Å². The van der Waals surface area contributed by atoms with Gasteiger partial charge in [-0.05, 0) is 50.5 Å². The van der Waals surface area contributed by atoms with Crippen molar-refractivity contribution in [2.75, 3.05) is 19.6 Å². The number of nitrogens with one attached hydrogen (secondary N) is 1. The van der Waals surface area contributed by atoms with Crippen molar-refractivity contribution in [1.82, 2.24) is 10.2 Å². The predicted molar refractivity (Wildman–Crippen MR) is 91.4 cm³/mol. The van der Waals surface area contributed by atoms with Gasteiger partial charge in [0.1, 0.15) is 0 Å². The Bertz CT molecular complexity index is 545. The van der Waals surface area contributed by atoms with Gasteiger partial charge in [0, 0.05) is 36.3 Å². The Morgan fingerprint density at radius 1 is 1.39 bits per heavy atom. The van der Waals surface area contributed by atoms with Gasteiger partial charge in [-0.25, -0.2) is 0 Å². The molecule has 23 heavy (non-hydrogen) atoms. The zero-order chi connectivity index (χ0) is 16.8. The van der Waals surface area contributed by atoms with Crippen LogP contribution in [0.5, 0.6) is 0 Å². The van der Waals surface area contributed by atoms with Gasteiger partial charge in [0.05, 0.1) is 5.92 Å². The van der Waals surface area contributed by atoms with Crippen molar-refractivity contribution >= 4 is 23.4 Å². The van der Waals surface area contributed by atoms with Gasteiger partial charge in [0.2, 0.25) is 5.91 Å². The van der Waals surface area contributed by atoms with Crippen molar-refractivity contribution in [3.63, 3.8) is 0 Å². The molecule has 0 radical (unpaired) electrons. The van der Waals surface area contributed by atoms with E-state index >= 15 is 0 Å². The summed E-state index contributed by atoms with van der Waals surface area (Å²) < 4.78 is 0. The van der Waals surface area contributed by atoms with Crippen LogP contribution in [0, 0.1) is 5.92 Å². The van der Waals surface area contributed by atoms with E-state index in [0.717, 1.165) is 19.3 Å². The third-order valence-electron chi connectivity index (χ3n) is 4.07. The lowest BCUT2D eigenvalue weighted by atomic mass is 9.96. The van der Waals surface area contributed by atoms with E-state index in [1.54, 1.807) is 29.2 Å². The molecule has 2 atom stereocenters. The molecule has 1 aromatic rings. The normalized spacial score (nSPS) is 19.3. The van der Waals surface area contributed by atoms with Crippen molar-refractivity contribution < 1.29 is 9.59 Å². The fourth-order valence-electron chi connectivity index (χ4n) is 2.72. The zero-order valence-corrected chi connectivity index (χ0v) is 14.2. The number of carbonyl (C=O) groups is 2. The number of hydrogen-bond donors (Lipinski definition) is 2. The van der Waals surface area contributed by atoms with Crippen LogP contribution in [0.1, 0.15) is 36.5 Å². The number of nitrogens with zero attached hydrogens (tertiary/aromatic N) is 1. The first kappa shape index (κ1) is 17.8. The van der Waals surface area contributed by atoms with Gasteiger partial charge in [-0.3, -0.25) is 9.59 Å². The molecule has 0 spiro atoms. The number of amides is 2. The van der Waals surface area contributed by atoms with Crippen molar-refractivity contribution in [3.05, 3.63) is 34.9 Å². The van der Waals surface area contributed by atoms with Gasteiger partial charge >= 0.3 is 0 Å². The lowest BCUT2D eigenvalue weighted by molar-refractivity contribution is -0.126. The second-order valence-corrected chi connectivity index (χ2v) is 6.59. The van der Waals surface area contributed by atoms with E-state index in [2.05, 4.69) is 5.32 Å². The minimum atomic E-state index is -0.145. The zero-order valence-electron chi connectivity index (χ0n) is 13.4. The van der Waals surface area contributed by atoms with Gasteiger partial charge in [-0.2, -0.15) is 0 Å². The number of carbonyl (C=O) groups excluding carboxylic acids is 2. The average molecular weight is 338 g/mol. The van der Waals surface area contributed by atoms with Crippen LogP contribution < -0.4 is 11.1 Å². The number of benzene rings is 1. The van der Waals surface area contributed by atoms with Crippen molar-refractivity contribution in [3.8, 4) is 0 Å². The van der Waals surface area contributed by atoms with Crippen molar-refractivity contribution in [1.29, 1.82) is 0 Å². The summed E-state index contributed by atoms with van der Waals surface area (Å²) in [5.41, 5.74) is 6.28. The van der Waals surface area contributed by atoms with Crippen LogP contribution >= 0.6 is 11.6 Å². The van der Waals surface area contributed by atoms with Gasteiger partial charge in [-0.15, -0.1) is 0 Å². The van der Waals surface area contributed by atoms with Gasteiger partial charge in [-0.1, -0.05) is 11.6 Å². The number of rotatable bonds is 5. The van der Waals surface area contributed by atoms with Crippen molar-refractivity contribution in [2.45, 2.75) is 32.2 Å². The summed E-state index contributed by atoms with van der Waals surface area (Å²) in [5.74, 6) is -0.179. The summed E-state index contributed by atoms with van der Waals surface area (Å²) in [6, 6.07) is 6.92. The molecular formula is C17H24ClN3O2. The molecule has 6 heteroatoms. The molecule has 0 aliphatic carbocycles. The molecule has 2 amide bonds. The maximum atomic E-state index is 12.5. The first-order chi connectivity index (χ1) is 11.0. The molecule has 2 unspecified atom stereocenters. The second kappa shape index (κ2) is 8.31. The quantitative estimate of drug-likeness (QED) is 0.863. The molecule has 126 valence electrons. The number of halogens is 1. The molecule has 2 rings (SSSR count). The van der Waals surface area contributed by atoms with Crippen LogP contribution in [0.4, 0.5) is 0 Å². The minimum Gasteiger partial charge on any atom is -0.356 e. The number of piperidine rings is 1. The Hall–Kier alpha value is -1.59. The van der Waals surface area contributed by atoms with Crippen LogP contribution in [0.25, 0.3) is 0 Å². The summed E-state index contributed by atoms with van der Waals surface area (Å²) in [7, 11) is 0. The molecule has 1 heterocycles. The average Bonchev–Trinajstić information content (AvgIpc) is 2.54. The van der Waals surface area contributed by atoms with Gasteiger partial charge in [0.25, 0.3) is 5.91 Å². The fraction of sp³-hybridized carbons (Fsp3) is 0.529. The number of hydrogen-bond acceptors (Lipinski definition) is 3. The lowest BCUT2D eigenvalue weighted by Crippen LogP contribution is -2.45. The highest BCUT2D eigenvalue weighted by Gasteiger charge is 2.28. The van der Waals surface area contributed by atoms with E-state index in [4.69, 9.17) is 17.3 Å². The molecule has 1 saturated heterocycles. The van der Waals surface area contributed by atoms with Crippen LogP contribution in [0.15, 0.2) is 24.3 Å². The standard InChI is InChI=1S/C17H24ClN3O2/c1-12(19)8-9-20-16(22)14-3-2-10-21(11-14)17(23)13-4-6-15(18)7-5-13/h4-7,12,14H,2-3,8-11,19H2,1H3,(H,20,22). The number of likely N-dealkylation sites (tertiary alicyclic amines) is 1. The molecule has 0 saturated carbocycles. The molecule has 1 aromatic carbocycles. The summed E-state index contributed by atoms with van der Waals surface area (Å²) >= 11 is 5.85. The van der Waals surface area contributed by atoms with E-state index in [1.807, 2.05) is 6.92 Å². The summed E-state index contributed by atoms with van der Waals surface area (Å²) in [6.45, 7) is 3.65. The minimum absolute atomic E-state index is 0.0132. The Labute approximate surface area is 142 Å². The monoisotopic (exact) mass is 337 g/mol. The topological polar surface area (TPSA) is 75.4 Å². The molecule has 1 aliphatic rings. The smallest absolute Gasteiger partial charge is 0.253 e. The largest absolute Gasteiger partial charge is 0.356 e. The maximum absolute atomic E-state index is 12.5. The number of nitrogens with two attached hydrogens (primary N) is 1. The summed E-state index contributed by atoms with van der Waals surface area (Å²) in [6.07, 6.45) is 2.41. The third kappa shape index (κ3) is 5.22. The molecule has 0 bridgehead atoms. The van der Waals surface area contributed by atoms with E-state index in [9.17, 15) is 9.59 Å². The molecule has 0 aromatic heterocycles. The highest BCUT2D eigenvalue weighted by molar-refractivity contribution is 6.30. The van der Waals surface area contributed by atoms with Crippen LogP contribution in [0.3, 0.4) is 0 Å². The van der Waals surface area contributed by atoms with Gasteiger partial charge < -0.3 is 16.0 Å². The summed E-state index contributed by atoms with van der Waals surface area (Å²) in [4.78, 5) is 26.5. The first-order valence-electron chi connectivity index (χ1n) is 8.05. The van der Waals surface area contributed by atoms with E-state index in [0.29, 0.717) is 30.2 Å². The fourth-order valence-corrected chi connectivity index (χ4v) is 2.84. The van der Waals surface area contributed by atoms with Crippen molar-refractivity contribution in [2.24, 2.45) is 11.7 Å². The third-order valence-corrected chi connectivity index (χ3v) is 4.32. The Kier molecular flexibility index (Phi) is 6.42. The molecule has 5 nitrogen and oxygen atoms in total. The Morgan fingerprint density at radius 2 is 2.09 bits per heavy atom. The maximum Gasteiger partial charge on any atom is 0.253 e. The van der Waals surface area contributed by atoms with Crippen LogP contribution in [-0.4, -0.2) is 42.4 Å². The lowest BCUT2D eigenvalue weighted by Gasteiger charge is -2.32. The molecule has 1 fully saturated rings. The highest BCUT2D eigenvalue weighted by atomic mass is 35.5. The first-order valence-corrected chi connectivity index (χ1v) is 8.43. The predicted octanol–water partition coefficient (Wildman–Crippen LogP) is 2.05. The molecular weight excluding hydrogens is 314 g/mol. The van der Waals surface area contributed by atoms with Gasteiger partial charge in [0.15, 0.2) is 0 Å². The van der Waals surface area contributed by atoms with Crippen LogP contribution in [-0.2, 0) is 4.79 Å². The molecule has 1 aliphatic heterocycles. The van der Waals surface area contributed by atoms with E-state index in [-0.39, 0.29) is 23.8 Å². The summed E-state index contributed by atoms with van der Waals surface area (Å²) in [5, 5.41) is 3.52. The Morgan fingerprint density at radius 3 is 2.74 bits per heavy atom. The highest BCUT2D eigenvalue weighted by Crippen LogP contribution is 2.19. The second-order valence-electron chi connectivity index (χ2n) is 6.15. The SMILES string of the molecule is CC(N)CCNC(=O)C1CCCN(C(=O)c2ccc(Cl)cc2)C1. The van der Waals surface area contributed by atoms with E-state index in [1.165, 1.54) is 0 Å². The van der Waals surface area contributed by atoms with Crippen LogP contribution in [0.2, 0.25) is 5.02 Å². The Balaban J connectivity index is 1.91.